The molecule has 0 spiro atoms. The number of amidine groups is 1. The summed E-state index contributed by atoms with van der Waals surface area (Å²) in [5.41, 5.74) is 17.2. The Balaban J connectivity index is 1.66. The van der Waals surface area contributed by atoms with Gasteiger partial charge in [0.15, 0.2) is 0 Å². The molecule has 1 amide bonds. The lowest BCUT2D eigenvalue weighted by molar-refractivity contribution is -0.125. The molecule has 176 valence electrons. The first-order chi connectivity index (χ1) is 15.8. The summed E-state index contributed by atoms with van der Waals surface area (Å²) in [7, 11) is 5.01. The number of hydrogen-bond donors (Lipinski definition) is 3. The van der Waals surface area contributed by atoms with Crippen LogP contribution in [0.5, 0.6) is 5.75 Å². The van der Waals surface area contributed by atoms with Gasteiger partial charge >= 0.3 is 0 Å². The van der Waals surface area contributed by atoms with Crippen molar-refractivity contribution in [2.45, 2.75) is 32.6 Å². The molecule has 0 saturated carbocycles. The molecule has 9 heteroatoms. The highest BCUT2D eigenvalue weighted by Crippen LogP contribution is 2.26. The van der Waals surface area contributed by atoms with Gasteiger partial charge in [-0.25, -0.2) is 4.98 Å². The fraction of sp³-hybridized carbons (Fsp3) is 0.375. The van der Waals surface area contributed by atoms with Crippen LogP contribution in [0.25, 0.3) is 11.4 Å². The van der Waals surface area contributed by atoms with Crippen LogP contribution in [0.1, 0.15) is 36.9 Å². The third kappa shape index (κ3) is 5.54. The van der Waals surface area contributed by atoms with Gasteiger partial charge in [0, 0.05) is 43.3 Å². The maximum atomic E-state index is 12.7. The molecular weight excluding hydrogens is 418 g/mol. The predicted molar refractivity (Wildman–Crippen MR) is 131 cm³/mol. The van der Waals surface area contributed by atoms with Gasteiger partial charge in [0.1, 0.15) is 11.6 Å². The molecule has 0 unspecified atom stereocenters. The molecule has 0 fully saturated rings. The molecule has 9 nitrogen and oxygen atoms in total. The van der Waals surface area contributed by atoms with Gasteiger partial charge in [-0.15, -0.1) is 0 Å². The summed E-state index contributed by atoms with van der Waals surface area (Å²) in [6, 6.07) is 5.67. The number of aryl methyl sites for hydroxylation is 1. The summed E-state index contributed by atoms with van der Waals surface area (Å²) < 4.78 is 7.43. The number of likely N-dealkylation sites (N-methyl/N-ethyl adjacent to an activating group) is 1. The van der Waals surface area contributed by atoms with Gasteiger partial charge in [0.05, 0.1) is 37.1 Å². The Kier molecular flexibility index (Phi) is 7.76. The summed E-state index contributed by atoms with van der Waals surface area (Å²) in [4.78, 5) is 22.9. The number of aliphatic imine (C=N–C) groups is 1. The summed E-state index contributed by atoms with van der Waals surface area (Å²) >= 11 is 0. The molecule has 1 aliphatic carbocycles. The van der Waals surface area contributed by atoms with E-state index in [0.29, 0.717) is 17.3 Å². The Morgan fingerprint density at radius 1 is 1.36 bits per heavy atom. The van der Waals surface area contributed by atoms with E-state index in [0.717, 1.165) is 53.9 Å². The number of nitrogens with one attached hydrogen (secondary N) is 1. The molecular formula is C24H33N7O2. The Morgan fingerprint density at radius 3 is 2.76 bits per heavy atom. The molecule has 1 aliphatic rings. The average Bonchev–Trinajstić information content (AvgIpc) is 3.26. The van der Waals surface area contributed by atoms with Crippen molar-refractivity contribution in [3.8, 4) is 11.4 Å². The number of methoxy groups -OCH3 is 1. The Bertz CT molecular complexity index is 1100. The topological polar surface area (TPSA) is 124 Å². The van der Waals surface area contributed by atoms with E-state index >= 15 is 0 Å². The van der Waals surface area contributed by atoms with Crippen molar-refractivity contribution in [2.24, 2.45) is 16.5 Å². The number of benzene rings is 1. The molecule has 0 radical (unpaired) electrons. The van der Waals surface area contributed by atoms with E-state index in [1.807, 2.05) is 35.9 Å². The third-order valence-electron chi connectivity index (χ3n) is 5.70. The number of nitrogens with two attached hydrogens (primary N) is 2. The molecule has 3 rings (SSSR count). The zero-order valence-electron chi connectivity index (χ0n) is 19.8. The summed E-state index contributed by atoms with van der Waals surface area (Å²) in [5, 5.41) is 3.01. The van der Waals surface area contributed by atoms with E-state index in [-0.39, 0.29) is 12.5 Å². The molecule has 0 atom stereocenters. The molecule has 5 N–H and O–H groups in total. The van der Waals surface area contributed by atoms with Crippen molar-refractivity contribution in [2.75, 3.05) is 27.7 Å². The lowest BCUT2D eigenvalue weighted by Crippen LogP contribution is -2.40. The fourth-order valence-corrected chi connectivity index (χ4v) is 3.86. The van der Waals surface area contributed by atoms with Crippen LogP contribution >= 0.6 is 0 Å². The molecule has 0 aliphatic heterocycles. The highest BCUT2D eigenvalue weighted by Gasteiger charge is 2.22. The van der Waals surface area contributed by atoms with Crippen molar-refractivity contribution >= 4 is 17.4 Å². The fourth-order valence-electron chi connectivity index (χ4n) is 3.86. The molecule has 1 heterocycles. The molecule has 0 saturated heterocycles. The number of rotatable bonds is 7. The number of allylic oxidation sites excluding steroid dienone is 1. The quantitative estimate of drug-likeness (QED) is 0.438. The zero-order chi connectivity index (χ0) is 24.0. The lowest BCUT2D eigenvalue weighted by atomic mass is 9.95. The summed E-state index contributed by atoms with van der Waals surface area (Å²) in [6.45, 7) is 2.01. The number of aromatic nitrogens is 2. The van der Waals surface area contributed by atoms with Crippen LogP contribution in [0.4, 0.5) is 0 Å². The van der Waals surface area contributed by atoms with Crippen molar-refractivity contribution in [3.63, 3.8) is 0 Å². The first kappa shape index (κ1) is 23.9. The standard InChI is InChI=1S/C24H33N7O2/c1-16-14-31(15-29-16)21-10-9-17(11-22(21)33-4)20(26)12-28-13-23(32)30(3)24(27-2)18-7-5-6-8-19(18)25/h9-12,14-15,28H,5-8,13,25-26H2,1-4H3/b20-12-,27-24?. The van der Waals surface area contributed by atoms with Crippen molar-refractivity contribution in [3.05, 3.63) is 59.5 Å². The number of carbonyl (C=O) groups excluding carboxylic acids is 1. The summed E-state index contributed by atoms with van der Waals surface area (Å²) in [5.74, 6) is 1.17. The van der Waals surface area contributed by atoms with E-state index in [2.05, 4.69) is 15.3 Å². The number of amides is 1. The van der Waals surface area contributed by atoms with E-state index in [9.17, 15) is 4.79 Å². The zero-order valence-corrected chi connectivity index (χ0v) is 19.8. The second-order valence-electron chi connectivity index (χ2n) is 8.00. The van der Waals surface area contributed by atoms with E-state index in [4.69, 9.17) is 16.2 Å². The maximum Gasteiger partial charge on any atom is 0.247 e. The molecule has 0 bridgehead atoms. The van der Waals surface area contributed by atoms with Gasteiger partial charge in [-0.3, -0.25) is 14.7 Å². The molecule has 1 aromatic carbocycles. The van der Waals surface area contributed by atoms with Crippen LogP contribution < -0.4 is 21.5 Å². The van der Waals surface area contributed by atoms with Crippen LogP contribution in [0, 0.1) is 6.92 Å². The van der Waals surface area contributed by atoms with Gasteiger partial charge in [0.2, 0.25) is 5.91 Å². The van der Waals surface area contributed by atoms with Gasteiger partial charge in [-0.1, -0.05) is 6.07 Å². The van der Waals surface area contributed by atoms with Crippen LogP contribution in [0.3, 0.4) is 0 Å². The Morgan fingerprint density at radius 2 is 2.12 bits per heavy atom. The Hall–Kier alpha value is -3.75. The predicted octanol–water partition coefficient (Wildman–Crippen LogP) is 2.31. The number of ether oxygens (including phenoxy) is 1. The Labute approximate surface area is 194 Å². The number of imidazole rings is 1. The maximum absolute atomic E-state index is 12.7. The smallest absolute Gasteiger partial charge is 0.247 e. The second-order valence-corrected chi connectivity index (χ2v) is 8.00. The minimum absolute atomic E-state index is 0.0763. The van der Waals surface area contributed by atoms with E-state index < -0.39 is 0 Å². The minimum atomic E-state index is -0.131. The van der Waals surface area contributed by atoms with Crippen molar-refractivity contribution in [1.29, 1.82) is 0 Å². The average molecular weight is 452 g/mol. The third-order valence-corrected chi connectivity index (χ3v) is 5.70. The minimum Gasteiger partial charge on any atom is -0.495 e. The van der Waals surface area contributed by atoms with Gasteiger partial charge in [0.25, 0.3) is 0 Å². The van der Waals surface area contributed by atoms with E-state index in [1.165, 1.54) is 0 Å². The summed E-state index contributed by atoms with van der Waals surface area (Å²) in [6.07, 6.45) is 9.09. The SMILES string of the molecule is CN=C(C1=C(N)CCCC1)N(C)C(=O)CN/C=C(\N)c1ccc(-n2cnc(C)c2)c(OC)c1. The molecule has 1 aromatic heterocycles. The normalized spacial score (nSPS) is 14.9. The first-order valence-electron chi connectivity index (χ1n) is 10.9. The highest BCUT2D eigenvalue weighted by atomic mass is 16.5. The molecule has 33 heavy (non-hydrogen) atoms. The van der Waals surface area contributed by atoms with E-state index in [1.54, 1.807) is 38.6 Å². The lowest BCUT2D eigenvalue weighted by Gasteiger charge is -2.25. The number of hydrogen-bond acceptors (Lipinski definition) is 7. The van der Waals surface area contributed by atoms with Crippen molar-refractivity contribution in [1.82, 2.24) is 19.8 Å². The second kappa shape index (κ2) is 10.7. The highest BCUT2D eigenvalue weighted by molar-refractivity contribution is 6.08. The first-order valence-corrected chi connectivity index (χ1v) is 10.9. The van der Waals surface area contributed by atoms with Crippen molar-refractivity contribution < 1.29 is 9.53 Å². The number of carbonyl (C=O) groups is 1. The monoisotopic (exact) mass is 451 g/mol. The van der Waals surface area contributed by atoms with Crippen LogP contribution in [0.15, 0.2) is 53.2 Å². The van der Waals surface area contributed by atoms with Gasteiger partial charge < -0.3 is 26.1 Å². The van der Waals surface area contributed by atoms with Gasteiger partial charge in [-0.2, -0.15) is 0 Å². The molecule has 2 aromatic rings. The number of nitrogens with zero attached hydrogens (tertiary/aromatic N) is 4. The van der Waals surface area contributed by atoms with Crippen LogP contribution in [-0.4, -0.2) is 53.9 Å². The van der Waals surface area contributed by atoms with Crippen LogP contribution in [0.2, 0.25) is 0 Å². The largest absolute Gasteiger partial charge is 0.495 e. The van der Waals surface area contributed by atoms with Gasteiger partial charge in [-0.05, 0) is 44.7 Å². The van der Waals surface area contributed by atoms with Crippen LogP contribution in [-0.2, 0) is 4.79 Å².